The molecule has 0 aliphatic heterocycles. The minimum absolute atomic E-state index is 0.198. The van der Waals surface area contributed by atoms with Crippen LogP contribution in [0.25, 0.3) is 0 Å². The van der Waals surface area contributed by atoms with Gasteiger partial charge in [-0.3, -0.25) is 10.00 Å². The summed E-state index contributed by atoms with van der Waals surface area (Å²) in [5.41, 5.74) is 1.84. The largest absolute Gasteiger partial charge is 0.465 e. The molecule has 0 aliphatic rings. The molecule has 0 fully saturated rings. The highest BCUT2D eigenvalue weighted by atomic mass is 16.5. The zero-order valence-electron chi connectivity index (χ0n) is 11.2. The van der Waals surface area contributed by atoms with E-state index >= 15 is 0 Å². The molecule has 5 heteroatoms. The molecule has 1 aromatic heterocycles. The molecule has 0 amide bonds. The fourth-order valence-electron chi connectivity index (χ4n) is 1.64. The first kappa shape index (κ1) is 13.7. The third kappa shape index (κ3) is 3.30. The Morgan fingerprint density at radius 3 is 2.65 bits per heavy atom. The lowest BCUT2D eigenvalue weighted by Crippen LogP contribution is -2.35. The predicted octanol–water partition coefficient (Wildman–Crippen LogP) is 1.33. The van der Waals surface area contributed by atoms with Gasteiger partial charge in [-0.1, -0.05) is 0 Å². The molecule has 0 radical (unpaired) electrons. The number of hydrogen-bond acceptors (Lipinski definition) is 4. The first-order valence-corrected chi connectivity index (χ1v) is 5.88. The number of rotatable bonds is 5. The van der Waals surface area contributed by atoms with Crippen molar-refractivity contribution in [3.05, 3.63) is 17.5 Å². The summed E-state index contributed by atoms with van der Waals surface area (Å²) in [4.78, 5) is 11.9. The zero-order chi connectivity index (χ0) is 13.0. The van der Waals surface area contributed by atoms with Gasteiger partial charge in [-0.15, -0.1) is 0 Å². The summed E-state index contributed by atoms with van der Waals surface area (Å²) in [6, 6.07) is -0.243. The highest BCUT2D eigenvalue weighted by molar-refractivity contribution is 5.78. The fraction of sp³-hybridized carbons (Fsp3) is 0.667. The van der Waals surface area contributed by atoms with Gasteiger partial charge in [0.25, 0.3) is 0 Å². The van der Waals surface area contributed by atoms with E-state index in [1.807, 2.05) is 27.8 Å². The average molecular weight is 239 g/mol. The molecule has 1 unspecified atom stereocenters. The number of hydrogen-bond donors (Lipinski definition) is 1. The van der Waals surface area contributed by atoms with Gasteiger partial charge in [-0.05, 0) is 27.7 Å². The van der Waals surface area contributed by atoms with Gasteiger partial charge in [0.05, 0.1) is 12.8 Å². The second kappa shape index (κ2) is 5.82. The Morgan fingerprint density at radius 1 is 1.59 bits per heavy atom. The van der Waals surface area contributed by atoms with Gasteiger partial charge in [-0.2, -0.15) is 5.10 Å². The van der Waals surface area contributed by atoms with Crippen LogP contribution in [0.3, 0.4) is 0 Å². The summed E-state index contributed by atoms with van der Waals surface area (Å²) in [5, 5.41) is 7.36. The molecule has 1 aromatic rings. The van der Waals surface area contributed by atoms with Crippen molar-refractivity contribution in [2.45, 2.75) is 39.8 Å². The summed E-state index contributed by atoms with van der Waals surface area (Å²) in [7, 11) is 1.86. The third-order valence-electron chi connectivity index (χ3n) is 2.61. The Hall–Kier alpha value is -1.36. The zero-order valence-corrected chi connectivity index (χ0v) is 11.2. The van der Waals surface area contributed by atoms with Gasteiger partial charge in [0.15, 0.2) is 0 Å². The average Bonchev–Trinajstić information content (AvgIpc) is 2.57. The van der Waals surface area contributed by atoms with Crippen LogP contribution in [0.5, 0.6) is 0 Å². The van der Waals surface area contributed by atoms with E-state index in [0.29, 0.717) is 6.61 Å². The molecule has 0 aromatic carbocycles. The van der Waals surface area contributed by atoms with E-state index in [1.54, 1.807) is 17.8 Å². The molecular weight excluding hydrogens is 218 g/mol. The van der Waals surface area contributed by atoms with Gasteiger partial charge < -0.3 is 4.74 Å². The quantitative estimate of drug-likeness (QED) is 0.788. The van der Waals surface area contributed by atoms with Crippen LogP contribution in [-0.4, -0.2) is 28.4 Å². The predicted molar refractivity (Wildman–Crippen MR) is 65.6 cm³/mol. The van der Waals surface area contributed by atoms with Gasteiger partial charge in [0.2, 0.25) is 0 Å². The van der Waals surface area contributed by atoms with E-state index in [4.69, 9.17) is 4.74 Å². The smallest absolute Gasteiger partial charge is 0.327 e. The lowest BCUT2D eigenvalue weighted by Gasteiger charge is -2.19. The van der Waals surface area contributed by atoms with Gasteiger partial charge >= 0.3 is 5.97 Å². The highest BCUT2D eigenvalue weighted by Gasteiger charge is 2.25. The van der Waals surface area contributed by atoms with Gasteiger partial charge in [-0.25, -0.2) is 4.79 Å². The van der Waals surface area contributed by atoms with E-state index in [9.17, 15) is 4.79 Å². The van der Waals surface area contributed by atoms with Crippen molar-refractivity contribution in [3.63, 3.8) is 0 Å². The van der Waals surface area contributed by atoms with E-state index in [1.165, 1.54) is 0 Å². The van der Waals surface area contributed by atoms with Crippen LogP contribution >= 0.6 is 0 Å². The topological polar surface area (TPSA) is 56.1 Å². The maximum absolute atomic E-state index is 11.9. The molecule has 1 N–H and O–H groups in total. The van der Waals surface area contributed by atoms with Crippen molar-refractivity contribution in [1.82, 2.24) is 15.1 Å². The van der Waals surface area contributed by atoms with Crippen molar-refractivity contribution in [3.8, 4) is 0 Å². The Kier molecular flexibility index (Phi) is 4.69. The molecule has 1 heterocycles. The van der Waals surface area contributed by atoms with E-state index in [0.717, 1.165) is 11.3 Å². The van der Waals surface area contributed by atoms with Crippen LogP contribution in [0.2, 0.25) is 0 Å². The third-order valence-corrected chi connectivity index (χ3v) is 2.61. The Morgan fingerprint density at radius 2 is 2.24 bits per heavy atom. The number of aryl methyl sites for hydroxylation is 1. The number of nitrogens with zero attached hydrogens (tertiary/aromatic N) is 2. The second-order valence-electron chi connectivity index (χ2n) is 4.32. The minimum atomic E-state index is -0.441. The van der Waals surface area contributed by atoms with Crippen LogP contribution in [0, 0.1) is 6.92 Å². The number of esters is 1. The fourth-order valence-corrected chi connectivity index (χ4v) is 1.64. The summed E-state index contributed by atoms with van der Waals surface area (Å²) in [6.45, 7) is 8.13. The number of aromatic nitrogens is 2. The first-order chi connectivity index (χ1) is 7.97. The van der Waals surface area contributed by atoms with Crippen molar-refractivity contribution in [2.24, 2.45) is 7.05 Å². The number of carbonyl (C=O) groups excluding carboxylic acids is 1. The molecule has 96 valence electrons. The molecule has 1 rings (SSSR count). The summed E-state index contributed by atoms with van der Waals surface area (Å²) in [5.74, 6) is -0.252. The monoisotopic (exact) mass is 239 g/mol. The van der Waals surface area contributed by atoms with Crippen LogP contribution in [0.4, 0.5) is 0 Å². The Labute approximate surface area is 102 Å². The molecular formula is C12H21N3O2. The number of carbonyl (C=O) groups is 1. The number of ether oxygens (including phenoxy) is 1. The minimum Gasteiger partial charge on any atom is -0.465 e. The van der Waals surface area contributed by atoms with E-state index in [2.05, 4.69) is 10.4 Å². The van der Waals surface area contributed by atoms with Gasteiger partial charge in [0.1, 0.15) is 6.04 Å². The van der Waals surface area contributed by atoms with Crippen LogP contribution in [0.1, 0.15) is 38.1 Å². The molecule has 0 aliphatic carbocycles. The lowest BCUT2D eigenvalue weighted by molar-refractivity contribution is -0.146. The normalized spacial score (nSPS) is 12.8. The summed E-state index contributed by atoms with van der Waals surface area (Å²) in [6.07, 6.45) is 1.71. The molecule has 0 bridgehead atoms. The molecule has 5 nitrogen and oxygen atoms in total. The van der Waals surface area contributed by atoms with Crippen molar-refractivity contribution >= 4 is 5.97 Å². The lowest BCUT2D eigenvalue weighted by atomic mass is 10.1. The highest BCUT2D eigenvalue weighted by Crippen LogP contribution is 2.19. The second-order valence-corrected chi connectivity index (χ2v) is 4.32. The summed E-state index contributed by atoms with van der Waals surface area (Å²) < 4.78 is 6.84. The molecule has 0 saturated carbocycles. The van der Waals surface area contributed by atoms with Gasteiger partial charge in [0, 0.05) is 24.3 Å². The van der Waals surface area contributed by atoms with Crippen LogP contribution in [-0.2, 0) is 16.6 Å². The van der Waals surface area contributed by atoms with Crippen molar-refractivity contribution < 1.29 is 9.53 Å². The maximum Gasteiger partial charge on any atom is 0.327 e. The number of nitrogens with one attached hydrogen (secondary N) is 1. The maximum atomic E-state index is 11.9. The molecule has 17 heavy (non-hydrogen) atoms. The summed E-state index contributed by atoms with van der Waals surface area (Å²) >= 11 is 0. The Balaban J connectivity index is 2.97. The molecule has 0 spiro atoms. The first-order valence-electron chi connectivity index (χ1n) is 5.88. The van der Waals surface area contributed by atoms with Crippen LogP contribution in [0.15, 0.2) is 6.20 Å². The van der Waals surface area contributed by atoms with Crippen molar-refractivity contribution in [1.29, 1.82) is 0 Å². The Bertz CT molecular complexity index is 385. The standard InChI is InChI=1S/C12H21N3O2/c1-6-17-12(16)11(14-8(2)3)10-7-13-15(5)9(10)4/h7-8,11,14H,6H2,1-5H3. The van der Waals surface area contributed by atoms with Crippen molar-refractivity contribution in [2.75, 3.05) is 6.61 Å². The van der Waals surface area contributed by atoms with Crippen LogP contribution < -0.4 is 5.32 Å². The molecule has 1 atom stereocenters. The SMILES string of the molecule is CCOC(=O)C(NC(C)C)c1cnn(C)c1C. The van der Waals surface area contributed by atoms with E-state index in [-0.39, 0.29) is 12.0 Å². The van der Waals surface area contributed by atoms with E-state index < -0.39 is 6.04 Å². The molecule has 0 saturated heterocycles.